The predicted molar refractivity (Wildman–Crippen MR) is 93.3 cm³/mol. The summed E-state index contributed by atoms with van der Waals surface area (Å²) >= 11 is 3.41. The molecule has 2 aromatic carbocycles. The highest BCUT2D eigenvalue weighted by atomic mass is 79.9. The monoisotopic (exact) mass is 386 g/mol. The van der Waals surface area contributed by atoms with Gasteiger partial charge in [0.1, 0.15) is 17.3 Å². The average Bonchev–Trinajstić information content (AvgIpc) is 3.04. The van der Waals surface area contributed by atoms with Gasteiger partial charge < -0.3 is 4.42 Å². The molecule has 0 aliphatic rings. The van der Waals surface area contributed by atoms with Crippen LogP contribution in [0.15, 0.2) is 74.7 Å². The van der Waals surface area contributed by atoms with Gasteiger partial charge in [-0.25, -0.2) is 9.82 Å². The van der Waals surface area contributed by atoms with Crippen LogP contribution in [0.3, 0.4) is 0 Å². The normalized spacial score (nSPS) is 10.9. The van der Waals surface area contributed by atoms with Crippen molar-refractivity contribution in [3.63, 3.8) is 0 Å². The van der Waals surface area contributed by atoms with Crippen LogP contribution in [-0.4, -0.2) is 12.1 Å². The Labute approximate surface area is 146 Å². The van der Waals surface area contributed by atoms with E-state index in [4.69, 9.17) is 4.42 Å². The molecule has 4 nitrogen and oxygen atoms in total. The number of furan rings is 1. The first-order valence-corrected chi connectivity index (χ1v) is 7.86. The minimum absolute atomic E-state index is 0.322. The summed E-state index contributed by atoms with van der Waals surface area (Å²) in [6.45, 7) is 0. The highest BCUT2D eigenvalue weighted by molar-refractivity contribution is 9.10. The van der Waals surface area contributed by atoms with Gasteiger partial charge in [-0.2, -0.15) is 5.10 Å². The molecule has 1 N–H and O–H groups in total. The first-order valence-electron chi connectivity index (χ1n) is 7.06. The summed E-state index contributed by atoms with van der Waals surface area (Å²) in [5.41, 5.74) is 3.62. The average molecular weight is 387 g/mol. The summed E-state index contributed by atoms with van der Waals surface area (Å²) in [6.07, 6.45) is 1.41. The van der Waals surface area contributed by atoms with Crippen molar-refractivity contribution < 1.29 is 13.6 Å². The van der Waals surface area contributed by atoms with E-state index in [1.165, 1.54) is 30.5 Å². The van der Waals surface area contributed by atoms with Crippen LogP contribution in [0.1, 0.15) is 16.1 Å². The van der Waals surface area contributed by atoms with Crippen molar-refractivity contribution in [3.05, 3.63) is 82.3 Å². The van der Waals surface area contributed by atoms with Gasteiger partial charge in [0, 0.05) is 15.6 Å². The molecule has 0 bridgehead atoms. The molecule has 3 rings (SSSR count). The summed E-state index contributed by atoms with van der Waals surface area (Å²) in [4.78, 5) is 11.8. The molecule has 0 saturated heterocycles. The van der Waals surface area contributed by atoms with Gasteiger partial charge >= 0.3 is 0 Å². The van der Waals surface area contributed by atoms with E-state index in [0.29, 0.717) is 17.1 Å². The lowest BCUT2D eigenvalue weighted by atomic mass is 10.2. The number of nitrogens with zero attached hydrogens (tertiary/aromatic N) is 1. The number of hydrogen-bond acceptors (Lipinski definition) is 3. The van der Waals surface area contributed by atoms with Crippen LogP contribution in [0.5, 0.6) is 0 Å². The molecule has 120 valence electrons. The van der Waals surface area contributed by atoms with Gasteiger partial charge in [-0.1, -0.05) is 28.1 Å². The third-order valence-corrected chi connectivity index (χ3v) is 3.69. The standard InChI is InChI=1S/C18H12BrFN2O2/c19-14-3-1-2-13(10-14)17-9-8-16(24-17)11-21-22-18(23)12-4-6-15(20)7-5-12/h1-11H,(H,22,23). The molecule has 1 aromatic heterocycles. The van der Waals surface area contributed by atoms with Crippen molar-refractivity contribution in [2.45, 2.75) is 0 Å². The topological polar surface area (TPSA) is 54.6 Å². The zero-order valence-electron chi connectivity index (χ0n) is 12.4. The fraction of sp³-hybridized carbons (Fsp3) is 0. The third kappa shape index (κ3) is 3.97. The van der Waals surface area contributed by atoms with Crippen LogP contribution in [0, 0.1) is 5.82 Å². The number of hydrazone groups is 1. The Balaban J connectivity index is 1.65. The molecule has 0 fully saturated rings. The summed E-state index contributed by atoms with van der Waals surface area (Å²) in [5.74, 6) is 0.378. The smallest absolute Gasteiger partial charge is 0.271 e. The number of nitrogens with one attached hydrogen (secondary N) is 1. The maximum absolute atomic E-state index is 12.8. The van der Waals surface area contributed by atoms with Crippen LogP contribution in [0.4, 0.5) is 4.39 Å². The van der Waals surface area contributed by atoms with Crippen molar-refractivity contribution in [2.75, 3.05) is 0 Å². The number of carbonyl (C=O) groups is 1. The minimum atomic E-state index is -0.426. The largest absolute Gasteiger partial charge is 0.455 e. The van der Waals surface area contributed by atoms with E-state index < -0.39 is 11.7 Å². The van der Waals surface area contributed by atoms with Crippen molar-refractivity contribution >= 4 is 28.1 Å². The Morgan fingerprint density at radius 3 is 2.67 bits per heavy atom. The molecule has 3 aromatic rings. The van der Waals surface area contributed by atoms with E-state index in [1.807, 2.05) is 30.3 Å². The quantitative estimate of drug-likeness (QED) is 0.525. The van der Waals surface area contributed by atoms with Crippen LogP contribution in [0.25, 0.3) is 11.3 Å². The highest BCUT2D eigenvalue weighted by Crippen LogP contribution is 2.24. The number of amides is 1. The summed E-state index contributed by atoms with van der Waals surface area (Å²) in [5, 5.41) is 3.84. The second-order valence-corrected chi connectivity index (χ2v) is 5.83. The van der Waals surface area contributed by atoms with E-state index >= 15 is 0 Å². The fourth-order valence-corrected chi connectivity index (χ4v) is 2.44. The van der Waals surface area contributed by atoms with Crippen LogP contribution < -0.4 is 5.43 Å². The van der Waals surface area contributed by atoms with Crippen molar-refractivity contribution in [1.29, 1.82) is 0 Å². The number of carbonyl (C=O) groups excluding carboxylic acids is 1. The Bertz CT molecular complexity index is 888. The van der Waals surface area contributed by atoms with E-state index in [1.54, 1.807) is 6.07 Å². The number of hydrogen-bond donors (Lipinski definition) is 1. The third-order valence-electron chi connectivity index (χ3n) is 3.20. The number of rotatable bonds is 4. The Hall–Kier alpha value is -2.73. The molecular weight excluding hydrogens is 375 g/mol. The zero-order valence-corrected chi connectivity index (χ0v) is 14.0. The SMILES string of the molecule is O=C(NN=Cc1ccc(-c2cccc(Br)c2)o1)c1ccc(F)cc1. The van der Waals surface area contributed by atoms with Gasteiger partial charge in [-0.05, 0) is 48.5 Å². The van der Waals surface area contributed by atoms with Crippen LogP contribution in [-0.2, 0) is 0 Å². The molecule has 0 atom stereocenters. The molecule has 1 heterocycles. The molecule has 24 heavy (non-hydrogen) atoms. The summed E-state index contributed by atoms with van der Waals surface area (Å²) in [7, 11) is 0. The minimum Gasteiger partial charge on any atom is -0.455 e. The van der Waals surface area contributed by atoms with E-state index in [0.717, 1.165) is 10.0 Å². The number of halogens is 2. The van der Waals surface area contributed by atoms with E-state index in [-0.39, 0.29) is 0 Å². The first kappa shape index (κ1) is 16.1. The van der Waals surface area contributed by atoms with Gasteiger partial charge in [0.05, 0.1) is 6.21 Å². The van der Waals surface area contributed by atoms with E-state index in [9.17, 15) is 9.18 Å². The second kappa shape index (κ2) is 7.23. The molecule has 0 saturated carbocycles. The highest BCUT2D eigenvalue weighted by Gasteiger charge is 2.05. The van der Waals surface area contributed by atoms with Crippen LogP contribution in [0.2, 0.25) is 0 Å². The fourth-order valence-electron chi connectivity index (χ4n) is 2.04. The molecular formula is C18H12BrFN2O2. The van der Waals surface area contributed by atoms with Crippen LogP contribution >= 0.6 is 15.9 Å². The van der Waals surface area contributed by atoms with Gasteiger partial charge in [-0.15, -0.1) is 0 Å². The molecule has 0 radical (unpaired) electrons. The van der Waals surface area contributed by atoms with Crippen molar-refractivity contribution in [1.82, 2.24) is 5.43 Å². The lowest BCUT2D eigenvalue weighted by Crippen LogP contribution is -2.17. The number of benzene rings is 2. The van der Waals surface area contributed by atoms with Crippen molar-refractivity contribution in [3.8, 4) is 11.3 Å². The van der Waals surface area contributed by atoms with Crippen molar-refractivity contribution in [2.24, 2.45) is 5.10 Å². The molecule has 0 aliphatic heterocycles. The zero-order chi connectivity index (χ0) is 16.9. The van der Waals surface area contributed by atoms with Gasteiger partial charge in [0.2, 0.25) is 0 Å². The first-order chi connectivity index (χ1) is 11.6. The Morgan fingerprint density at radius 2 is 1.92 bits per heavy atom. The lowest BCUT2D eigenvalue weighted by molar-refractivity contribution is 0.0955. The Kier molecular flexibility index (Phi) is 4.86. The summed E-state index contributed by atoms with van der Waals surface area (Å²) < 4.78 is 19.4. The molecule has 0 unspecified atom stereocenters. The van der Waals surface area contributed by atoms with Gasteiger partial charge in [0.25, 0.3) is 5.91 Å². The maximum atomic E-state index is 12.8. The second-order valence-electron chi connectivity index (χ2n) is 4.92. The molecule has 0 spiro atoms. The van der Waals surface area contributed by atoms with Gasteiger partial charge in [-0.3, -0.25) is 4.79 Å². The Morgan fingerprint density at radius 1 is 1.12 bits per heavy atom. The molecule has 6 heteroatoms. The molecule has 1 amide bonds. The van der Waals surface area contributed by atoms with E-state index in [2.05, 4.69) is 26.5 Å². The maximum Gasteiger partial charge on any atom is 0.271 e. The molecule has 0 aliphatic carbocycles. The lowest BCUT2D eigenvalue weighted by Gasteiger charge is -1.99. The van der Waals surface area contributed by atoms with Gasteiger partial charge in [0.15, 0.2) is 0 Å². The predicted octanol–water partition coefficient (Wildman–Crippen LogP) is 4.61. The summed E-state index contributed by atoms with van der Waals surface area (Å²) in [6, 6.07) is 16.5.